The predicted molar refractivity (Wildman–Crippen MR) is 114 cm³/mol. The molecular formula is C26H30N+. The molecule has 0 amide bonds. The third-order valence-corrected chi connectivity index (χ3v) is 5.91. The van der Waals surface area contributed by atoms with Crippen LogP contribution in [-0.4, -0.2) is 0 Å². The number of rotatable bonds is 3. The van der Waals surface area contributed by atoms with Gasteiger partial charge in [0.25, 0.3) is 0 Å². The van der Waals surface area contributed by atoms with Gasteiger partial charge in [-0.1, -0.05) is 49.7 Å². The normalized spacial score (nSPS) is 12.4. The average molecular weight is 357 g/mol. The van der Waals surface area contributed by atoms with Crippen molar-refractivity contribution in [2.24, 2.45) is 13.0 Å². The minimum absolute atomic E-state index is 0.666. The zero-order valence-corrected chi connectivity index (χ0v) is 17.5. The second-order valence-corrected chi connectivity index (χ2v) is 8.70. The molecule has 0 saturated carbocycles. The third-order valence-electron chi connectivity index (χ3n) is 5.91. The molecule has 0 bridgehead atoms. The van der Waals surface area contributed by atoms with Crippen LogP contribution in [0.1, 0.15) is 47.2 Å². The Morgan fingerprint density at radius 3 is 2.44 bits per heavy atom. The SMILES string of the molecule is Cc1ccc2c(c1)-c1ccc(C)c(-c3cc(CC(C)C)c(C)c[n+]3C)c1C2. The summed E-state index contributed by atoms with van der Waals surface area (Å²) in [6.45, 7) is 11.3. The predicted octanol–water partition coefficient (Wildman–Crippen LogP) is 5.87. The van der Waals surface area contributed by atoms with Gasteiger partial charge in [0.15, 0.2) is 6.20 Å². The minimum atomic E-state index is 0.666. The quantitative estimate of drug-likeness (QED) is 0.404. The van der Waals surface area contributed by atoms with Gasteiger partial charge in [-0.25, -0.2) is 4.57 Å². The highest BCUT2D eigenvalue weighted by molar-refractivity contribution is 5.85. The second kappa shape index (κ2) is 6.64. The number of aryl methyl sites for hydroxylation is 4. The van der Waals surface area contributed by atoms with E-state index >= 15 is 0 Å². The monoisotopic (exact) mass is 356 g/mol. The third kappa shape index (κ3) is 3.10. The summed E-state index contributed by atoms with van der Waals surface area (Å²) >= 11 is 0. The molecule has 0 unspecified atom stereocenters. The summed E-state index contributed by atoms with van der Waals surface area (Å²) in [4.78, 5) is 0. The largest absolute Gasteiger partial charge is 0.213 e. The summed E-state index contributed by atoms with van der Waals surface area (Å²) in [5.74, 6) is 0.666. The van der Waals surface area contributed by atoms with Gasteiger partial charge in [-0.15, -0.1) is 0 Å². The molecule has 1 nitrogen and oxygen atoms in total. The van der Waals surface area contributed by atoms with E-state index in [1.54, 1.807) is 0 Å². The summed E-state index contributed by atoms with van der Waals surface area (Å²) in [5.41, 5.74) is 14.1. The Morgan fingerprint density at radius 2 is 1.70 bits per heavy atom. The van der Waals surface area contributed by atoms with Gasteiger partial charge >= 0.3 is 0 Å². The van der Waals surface area contributed by atoms with Crippen molar-refractivity contribution in [3.8, 4) is 22.4 Å². The standard InChI is InChI=1S/C26H30N/c1-16(2)11-21-14-25(27(6)15-19(21)5)26-18(4)8-10-22-23-12-17(3)7-9-20(23)13-24(22)26/h7-10,12,14-16H,11,13H2,1-6H3/q+1. The van der Waals surface area contributed by atoms with Crippen molar-refractivity contribution in [1.29, 1.82) is 0 Å². The molecule has 4 rings (SSSR count). The van der Waals surface area contributed by atoms with Crippen LogP contribution >= 0.6 is 0 Å². The van der Waals surface area contributed by atoms with E-state index in [4.69, 9.17) is 0 Å². The van der Waals surface area contributed by atoms with Gasteiger partial charge in [0.05, 0.1) is 5.56 Å². The van der Waals surface area contributed by atoms with E-state index < -0.39 is 0 Å². The summed E-state index contributed by atoms with van der Waals surface area (Å²) in [5, 5.41) is 0. The highest BCUT2D eigenvalue weighted by atomic mass is 14.9. The van der Waals surface area contributed by atoms with E-state index in [0.717, 1.165) is 12.8 Å². The van der Waals surface area contributed by atoms with E-state index in [2.05, 4.69) is 88.8 Å². The molecule has 0 N–H and O–H groups in total. The van der Waals surface area contributed by atoms with Crippen LogP contribution in [0.3, 0.4) is 0 Å². The van der Waals surface area contributed by atoms with Crippen LogP contribution in [0.15, 0.2) is 42.6 Å². The fraction of sp³-hybridized carbons (Fsp3) is 0.346. The number of hydrogen-bond acceptors (Lipinski definition) is 0. The molecule has 0 radical (unpaired) electrons. The first-order chi connectivity index (χ1) is 12.8. The van der Waals surface area contributed by atoms with Gasteiger partial charge in [0, 0.05) is 11.6 Å². The Hall–Kier alpha value is -2.41. The van der Waals surface area contributed by atoms with Gasteiger partial charge in [-0.05, 0) is 72.9 Å². The Balaban J connectivity index is 1.93. The molecule has 1 aliphatic carbocycles. The van der Waals surface area contributed by atoms with Crippen molar-refractivity contribution >= 4 is 0 Å². The van der Waals surface area contributed by atoms with Crippen molar-refractivity contribution in [2.75, 3.05) is 0 Å². The van der Waals surface area contributed by atoms with Crippen molar-refractivity contribution in [2.45, 2.75) is 47.5 Å². The zero-order chi connectivity index (χ0) is 19.3. The lowest BCUT2D eigenvalue weighted by Gasteiger charge is -2.14. The molecule has 1 aliphatic rings. The molecule has 27 heavy (non-hydrogen) atoms. The highest BCUT2D eigenvalue weighted by Gasteiger charge is 2.27. The van der Waals surface area contributed by atoms with E-state index in [1.807, 2.05) is 0 Å². The van der Waals surface area contributed by atoms with Crippen LogP contribution in [-0.2, 0) is 19.9 Å². The smallest absolute Gasteiger partial charge is 0.201 e. The molecular weight excluding hydrogens is 326 g/mol. The average Bonchev–Trinajstić information content (AvgIpc) is 2.95. The number of hydrogen-bond donors (Lipinski definition) is 0. The maximum Gasteiger partial charge on any atom is 0.213 e. The Morgan fingerprint density at radius 1 is 0.926 bits per heavy atom. The fourth-order valence-corrected chi connectivity index (χ4v) is 4.57. The highest BCUT2D eigenvalue weighted by Crippen LogP contribution is 2.43. The molecule has 1 heterocycles. The molecule has 1 aromatic heterocycles. The van der Waals surface area contributed by atoms with E-state index in [1.165, 1.54) is 55.8 Å². The first-order valence-corrected chi connectivity index (χ1v) is 10.1. The Labute approximate surface area is 163 Å². The van der Waals surface area contributed by atoms with Gasteiger partial charge in [0.2, 0.25) is 5.69 Å². The van der Waals surface area contributed by atoms with Crippen LogP contribution in [0.25, 0.3) is 22.4 Å². The number of pyridine rings is 1. The van der Waals surface area contributed by atoms with Crippen molar-refractivity contribution in [3.05, 3.63) is 76.0 Å². The molecule has 0 spiro atoms. The first-order valence-electron chi connectivity index (χ1n) is 10.1. The topological polar surface area (TPSA) is 3.88 Å². The fourth-order valence-electron chi connectivity index (χ4n) is 4.57. The molecule has 1 heteroatoms. The van der Waals surface area contributed by atoms with Gasteiger partial charge < -0.3 is 0 Å². The van der Waals surface area contributed by atoms with Crippen molar-refractivity contribution < 1.29 is 4.57 Å². The number of nitrogens with zero attached hydrogens (tertiary/aromatic N) is 1. The maximum absolute atomic E-state index is 2.44. The summed E-state index contributed by atoms with van der Waals surface area (Å²) in [7, 11) is 2.19. The van der Waals surface area contributed by atoms with E-state index in [9.17, 15) is 0 Å². The van der Waals surface area contributed by atoms with Crippen LogP contribution in [0.2, 0.25) is 0 Å². The van der Waals surface area contributed by atoms with Crippen molar-refractivity contribution in [1.82, 2.24) is 0 Å². The minimum Gasteiger partial charge on any atom is -0.201 e. The molecule has 0 saturated heterocycles. The Bertz CT molecular complexity index is 1040. The number of aromatic nitrogens is 1. The van der Waals surface area contributed by atoms with Gasteiger partial charge in [0.1, 0.15) is 7.05 Å². The molecule has 138 valence electrons. The molecule has 0 fully saturated rings. The molecule has 2 aromatic carbocycles. The number of fused-ring (bicyclic) bond motifs is 3. The van der Waals surface area contributed by atoms with Gasteiger partial charge in [-0.3, -0.25) is 0 Å². The lowest BCUT2D eigenvalue weighted by Crippen LogP contribution is -2.32. The van der Waals surface area contributed by atoms with Crippen LogP contribution < -0.4 is 4.57 Å². The molecule has 0 aliphatic heterocycles. The van der Waals surface area contributed by atoms with Crippen LogP contribution in [0.5, 0.6) is 0 Å². The van der Waals surface area contributed by atoms with Gasteiger partial charge in [-0.2, -0.15) is 0 Å². The number of benzene rings is 2. The van der Waals surface area contributed by atoms with Crippen LogP contribution in [0, 0.1) is 26.7 Å². The van der Waals surface area contributed by atoms with E-state index in [0.29, 0.717) is 5.92 Å². The Kier molecular flexibility index (Phi) is 4.42. The second-order valence-electron chi connectivity index (χ2n) is 8.70. The molecule has 0 atom stereocenters. The van der Waals surface area contributed by atoms with E-state index in [-0.39, 0.29) is 0 Å². The lowest BCUT2D eigenvalue weighted by molar-refractivity contribution is -0.660. The molecule has 3 aromatic rings. The van der Waals surface area contributed by atoms with Crippen molar-refractivity contribution in [3.63, 3.8) is 0 Å². The summed E-state index contributed by atoms with van der Waals surface area (Å²) in [6, 6.07) is 14.0. The maximum atomic E-state index is 2.44. The van der Waals surface area contributed by atoms with Crippen LogP contribution in [0.4, 0.5) is 0 Å². The summed E-state index contributed by atoms with van der Waals surface area (Å²) < 4.78 is 2.32. The zero-order valence-electron chi connectivity index (χ0n) is 17.5. The first kappa shape index (κ1) is 18.0. The summed E-state index contributed by atoms with van der Waals surface area (Å²) in [6.07, 6.45) is 4.47. The lowest BCUT2D eigenvalue weighted by atomic mass is 9.91.